The van der Waals surface area contributed by atoms with E-state index < -0.39 is 0 Å². The van der Waals surface area contributed by atoms with Crippen LogP contribution in [0, 0.1) is 0 Å². The first-order chi connectivity index (χ1) is 10.8. The summed E-state index contributed by atoms with van der Waals surface area (Å²) in [5, 5.41) is 3.06. The molecule has 0 amide bonds. The van der Waals surface area contributed by atoms with E-state index in [1.54, 1.807) is 13.2 Å². The number of H-pyrrole nitrogens is 1. The minimum Gasteiger partial charge on any atom is -0.380 e. The Balaban J connectivity index is 2.19. The summed E-state index contributed by atoms with van der Waals surface area (Å²) in [5.41, 5.74) is 3.21. The third-order valence-electron chi connectivity index (χ3n) is 3.94. The number of rotatable bonds is 2. The van der Waals surface area contributed by atoms with Gasteiger partial charge in [-0.2, -0.15) is 0 Å². The Morgan fingerprint density at radius 3 is 2.77 bits per heavy atom. The third-order valence-corrected chi connectivity index (χ3v) is 3.94. The summed E-state index contributed by atoms with van der Waals surface area (Å²) in [7, 11) is 1.59. The topological polar surface area (TPSA) is 55.0 Å². The summed E-state index contributed by atoms with van der Waals surface area (Å²) in [6.45, 7) is 0.269. The minimum absolute atomic E-state index is 0.0343. The number of hydrogen-bond donors (Lipinski definition) is 1. The molecular formula is C18H14N2O2. The first-order valence-electron chi connectivity index (χ1n) is 7.09. The van der Waals surface area contributed by atoms with Gasteiger partial charge in [0.05, 0.1) is 23.2 Å². The van der Waals surface area contributed by atoms with E-state index in [2.05, 4.69) is 11.1 Å². The highest BCUT2D eigenvalue weighted by Gasteiger charge is 2.10. The first-order valence-corrected chi connectivity index (χ1v) is 7.09. The first kappa shape index (κ1) is 13.0. The van der Waals surface area contributed by atoms with E-state index in [4.69, 9.17) is 9.72 Å². The van der Waals surface area contributed by atoms with Crippen LogP contribution >= 0.6 is 0 Å². The van der Waals surface area contributed by atoms with Gasteiger partial charge in [-0.25, -0.2) is 4.98 Å². The number of nitrogens with one attached hydrogen (secondary N) is 1. The number of nitrogens with zero attached hydrogens (tertiary/aromatic N) is 1. The van der Waals surface area contributed by atoms with Crippen LogP contribution in [0.5, 0.6) is 0 Å². The Morgan fingerprint density at radius 2 is 1.91 bits per heavy atom. The maximum absolute atomic E-state index is 12.1. The molecule has 0 radical (unpaired) electrons. The van der Waals surface area contributed by atoms with Gasteiger partial charge in [-0.3, -0.25) is 4.79 Å². The number of benzene rings is 2. The molecule has 4 nitrogen and oxygen atoms in total. The number of hydrogen-bond acceptors (Lipinski definition) is 3. The molecule has 0 saturated heterocycles. The lowest BCUT2D eigenvalue weighted by Gasteiger charge is -2.08. The van der Waals surface area contributed by atoms with Crippen LogP contribution in [-0.2, 0) is 11.3 Å². The second-order valence-electron chi connectivity index (χ2n) is 5.30. The van der Waals surface area contributed by atoms with Crippen LogP contribution in [0.3, 0.4) is 0 Å². The molecular weight excluding hydrogens is 276 g/mol. The standard InChI is InChI=1S/C18H14N2O2/c1-22-10-14-16(21)7-5-12-9-11-4-6-15-13(3-2-8-19-15)17(11)20-18(12)14/h2-9,19H,10H2,1H3. The largest absolute Gasteiger partial charge is 0.380 e. The number of ether oxygens (including phenoxy) is 1. The third kappa shape index (κ3) is 1.89. The van der Waals surface area contributed by atoms with Crippen LogP contribution < -0.4 is 5.43 Å². The minimum atomic E-state index is -0.0343. The lowest BCUT2D eigenvalue weighted by molar-refractivity contribution is 0.185. The molecule has 0 bridgehead atoms. The van der Waals surface area contributed by atoms with E-state index in [1.165, 1.54) is 0 Å². The van der Waals surface area contributed by atoms with Crippen LogP contribution in [-0.4, -0.2) is 17.1 Å². The summed E-state index contributed by atoms with van der Waals surface area (Å²) < 4.78 is 5.17. The van der Waals surface area contributed by atoms with Crippen molar-refractivity contribution in [1.82, 2.24) is 9.97 Å². The Morgan fingerprint density at radius 1 is 1.09 bits per heavy atom. The average Bonchev–Trinajstić information content (AvgIpc) is 2.56. The molecule has 0 saturated carbocycles. The van der Waals surface area contributed by atoms with Crippen LogP contribution in [0.4, 0.5) is 0 Å². The Kier molecular flexibility index (Phi) is 2.91. The zero-order valence-corrected chi connectivity index (χ0v) is 12.1. The molecule has 4 rings (SSSR count). The second kappa shape index (κ2) is 4.93. The normalized spacial score (nSPS) is 11.5. The van der Waals surface area contributed by atoms with Gasteiger partial charge in [-0.1, -0.05) is 6.07 Å². The molecule has 0 spiro atoms. The molecule has 2 aromatic carbocycles. The molecule has 0 unspecified atom stereocenters. The lowest BCUT2D eigenvalue weighted by atomic mass is 10.0. The zero-order chi connectivity index (χ0) is 15.1. The van der Waals surface area contributed by atoms with Crippen molar-refractivity contribution in [3.05, 3.63) is 64.4 Å². The van der Waals surface area contributed by atoms with Gasteiger partial charge in [0.15, 0.2) is 5.43 Å². The van der Waals surface area contributed by atoms with Gasteiger partial charge in [0, 0.05) is 35.0 Å². The van der Waals surface area contributed by atoms with E-state index in [9.17, 15) is 4.79 Å². The summed E-state index contributed by atoms with van der Waals surface area (Å²) in [6, 6.07) is 13.6. The molecule has 0 atom stereocenters. The SMILES string of the molecule is COCc1c(=O)ccc2cc3ccc4[nH]cccc4c3nc12. The number of fused-ring (bicyclic) bond motifs is 4. The summed E-state index contributed by atoms with van der Waals surface area (Å²) in [4.78, 5) is 20.1. The van der Waals surface area contributed by atoms with Crippen molar-refractivity contribution in [2.45, 2.75) is 6.61 Å². The predicted molar refractivity (Wildman–Crippen MR) is 88.1 cm³/mol. The maximum Gasteiger partial charge on any atom is 0.186 e. The highest BCUT2D eigenvalue weighted by Crippen LogP contribution is 2.26. The highest BCUT2D eigenvalue weighted by atomic mass is 16.5. The van der Waals surface area contributed by atoms with E-state index in [-0.39, 0.29) is 12.0 Å². The number of aromatic amines is 1. The average molecular weight is 290 g/mol. The van der Waals surface area contributed by atoms with Gasteiger partial charge in [0.2, 0.25) is 0 Å². The summed E-state index contributed by atoms with van der Waals surface area (Å²) >= 11 is 0. The van der Waals surface area contributed by atoms with Gasteiger partial charge < -0.3 is 9.72 Å². The number of aromatic nitrogens is 2. The fourth-order valence-corrected chi connectivity index (χ4v) is 2.89. The molecule has 4 aromatic rings. The van der Waals surface area contributed by atoms with Crippen molar-refractivity contribution in [1.29, 1.82) is 0 Å². The Hall–Kier alpha value is -2.72. The predicted octanol–water partition coefficient (Wildman–Crippen LogP) is 3.38. The van der Waals surface area contributed by atoms with Crippen molar-refractivity contribution in [3.8, 4) is 0 Å². The monoisotopic (exact) mass is 290 g/mol. The van der Waals surface area contributed by atoms with E-state index in [1.807, 2.05) is 36.5 Å². The van der Waals surface area contributed by atoms with E-state index in [0.717, 1.165) is 32.7 Å². The van der Waals surface area contributed by atoms with Gasteiger partial charge >= 0.3 is 0 Å². The van der Waals surface area contributed by atoms with Crippen molar-refractivity contribution < 1.29 is 4.74 Å². The Labute approximate surface area is 126 Å². The molecule has 2 aromatic heterocycles. The Bertz CT molecular complexity index is 1070. The van der Waals surface area contributed by atoms with Crippen LogP contribution in [0.2, 0.25) is 0 Å². The van der Waals surface area contributed by atoms with Crippen molar-refractivity contribution in [3.63, 3.8) is 0 Å². The van der Waals surface area contributed by atoms with Crippen molar-refractivity contribution >= 4 is 32.7 Å². The molecule has 0 aliphatic heterocycles. The highest BCUT2D eigenvalue weighted by molar-refractivity contribution is 6.07. The zero-order valence-electron chi connectivity index (χ0n) is 12.1. The number of pyridine rings is 2. The molecule has 4 heteroatoms. The smallest absolute Gasteiger partial charge is 0.186 e. The van der Waals surface area contributed by atoms with E-state index in [0.29, 0.717) is 5.56 Å². The van der Waals surface area contributed by atoms with Crippen LogP contribution in [0.25, 0.3) is 32.7 Å². The molecule has 22 heavy (non-hydrogen) atoms. The van der Waals surface area contributed by atoms with Gasteiger partial charge in [0.1, 0.15) is 0 Å². The molecule has 1 N–H and O–H groups in total. The van der Waals surface area contributed by atoms with Gasteiger partial charge in [-0.15, -0.1) is 0 Å². The lowest BCUT2D eigenvalue weighted by Crippen LogP contribution is -2.09. The van der Waals surface area contributed by atoms with Crippen LogP contribution in [0.1, 0.15) is 5.56 Å². The second-order valence-corrected chi connectivity index (χ2v) is 5.30. The van der Waals surface area contributed by atoms with Crippen LogP contribution in [0.15, 0.2) is 53.5 Å². The summed E-state index contributed by atoms with van der Waals surface area (Å²) in [6.07, 6.45) is 1.89. The van der Waals surface area contributed by atoms with Crippen molar-refractivity contribution in [2.75, 3.05) is 7.11 Å². The molecule has 108 valence electrons. The molecule has 0 aliphatic rings. The molecule has 0 fully saturated rings. The fourth-order valence-electron chi connectivity index (χ4n) is 2.89. The quantitative estimate of drug-likeness (QED) is 0.455. The van der Waals surface area contributed by atoms with Gasteiger partial charge in [0.25, 0.3) is 0 Å². The van der Waals surface area contributed by atoms with E-state index >= 15 is 0 Å². The van der Waals surface area contributed by atoms with Gasteiger partial charge in [-0.05, 0) is 36.4 Å². The molecule has 2 heterocycles. The summed E-state index contributed by atoms with van der Waals surface area (Å²) in [5.74, 6) is 0. The maximum atomic E-state index is 12.1. The molecule has 0 aliphatic carbocycles. The fraction of sp³-hybridized carbons (Fsp3) is 0.111. The van der Waals surface area contributed by atoms with Crippen molar-refractivity contribution in [2.24, 2.45) is 0 Å². The number of methoxy groups -OCH3 is 1.